The zero-order chi connectivity index (χ0) is 16.3. The molecule has 0 radical (unpaired) electrons. The second-order valence-corrected chi connectivity index (χ2v) is 7.48. The first-order valence-corrected chi connectivity index (χ1v) is 10.4. The fourth-order valence-electron chi connectivity index (χ4n) is 3.98. The molecule has 2 rings (SSSR count). The van der Waals surface area contributed by atoms with E-state index in [1.54, 1.807) is 11.1 Å². The van der Waals surface area contributed by atoms with Gasteiger partial charge in [0.15, 0.2) is 0 Å². The largest absolute Gasteiger partial charge is 0.466 e. The molecule has 0 unspecified atom stereocenters. The Morgan fingerprint density at radius 3 is 1.48 bits per heavy atom. The van der Waals surface area contributed by atoms with E-state index in [1.807, 2.05) is 0 Å². The number of hydrogen-bond acceptors (Lipinski definition) is 1. The van der Waals surface area contributed by atoms with E-state index in [4.69, 9.17) is 4.74 Å². The van der Waals surface area contributed by atoms with Crippen LogP contribution in [-0.2, 0) is 4.74 Å². The first-order chi connectivity index (χ1) is 11.3. The maximum absolute atomic E-state index is 6.58. The van der Waals surface area contributed by atoms with Crippen molar-refractivity contribution < 1.29 is 4.74 Å². The third-order valence-electron chi connectivity index (χ3n) is 5.46. The number of unbranched alkanes of at least 4 members (excludes halogenated alkanes) is 4. The van der Waals surface area contributed by atoms with Crippen molar-refractivity contribution in [2.45, 2.75) is 117 Å². The summed E-state index contributed by atoms with van der Waals surface area (Å²) in [6.07, 6.45) is 21.0. The Bertz CT molecular complexity index is 364. The van der Waals surface area contributed by atoms with Crippen LogP contribution in [-0.4, -0.2) is 0 Å². The van der Waals surface area contributed by atoms with Crippen LogP contribution in [0.3, 0.4) is 0 Å². The highest BCUT2D eigenvalue weighted by atomic mass is 16.5. The zero-order valence-corrected chi connectivity index (χ0v) is 15.7. The van der Waals surface area contributed by atoms with E-state index in [2.05, 4.69) is 13.8 Å². The summed E-state index contributed by atoms with van der Waals surface area (Å²) in [5.41, 5.74) is 3.30. The molecule has 1 nitrogen and oxygen atoms in total. The van der Waals surface area contributed by atoms with Crippen molar-refractivity contribution in [1.29, 1.82) is 0 Å². The third kappa shape index (κ3) is 6.36. The van der Waals surface area contributed by atoms with Gasteiger partial charge in [-0.15, -0.1) is 0 Å². The van der Waals surface area contributed by atoms with Crippen molar-refractivity contribution in [3.05, 3.63) is 22.7 Å². The van der Waals surface area contributed by atoms with Crippen molar-refractivity contribution in [2.75, 3.05) is 0 Å². The van der Waals surface area contributed by atoms with Crippen LogP contribution in [0, 0.1) is 0 Å². The molecule has 0 aromatic rings. The monoisotopic (exact) mass is 318 g/mol. The summed E-state index contributed by atoms with van der Waals surface area (Å²) in [5, 5.41) is 0. The molecule has 1 heteroatoms. The molecule has 0 heterocycles. The molecule has 0 aliphatic heterocycles. The number of allylic oxidation sites excluding steroid dienone is 4. The number of hydrogen-bond donors (Lipinski definition) is 0. The van der Waals surface area contributed by atoms with Gasteiger partial charge in [0.1, 0.15) is 11.5 Å². The Labute approximate surface area is 144 Å². The highest BCUT2D eigenvalue weighted by Crippen LogP contribution is 2.35. The minimum absolute atomic E-state index is 1.19. The van der Waals surface area contributed by atoms with E-state index in [0.717, 1.165) is 0 Å². The maximum atomic E-state index is 6.58. The van der Waals surface area contributed by atoms with Gasteiger partial charge in [-0.1, -0.05) is 39.5 Å². The predicted molar refractivity (Wildman–Crippen MR) is 100 cm³/mol. The average Bonchev–Trinajstić information content (AvgIpc) is 2.58. The Hall–Kier alpha value is -0.720. The van der Waals surface area contributed by atoms with Crippen LogP contribution in [0.5, 0.6) is 0 Å². The summed E-state index contributed by atoms with van der Waals surface area (Å²) in [4.78, 5) is 0. The fourth-order valence-corrected chi connectivity index (χ4v) is 3.98. The Balaban J connectivity index is 2.01. The lowest BCUT2D eigenvalue weighted by Gasteiger charge is -2.26. The molecule has 0 bridgehead atoms. The molecule has 0 atom stereocenters. The van der Waals surface area contributed by atoms with E-state index in [0.29, 0.717) is 0 Å². The standard InChI is InChI=1S/C22H38O/c1-3-5-7-13-19-15-9-11-17-21(19)23-22-18-12-10-16-20(22)14-8-6-4-2/h3-18H2,1-2H3. The van der Waals surface area contributed by atoms with Crippen LogP contribution in [0.1, 0.15) is 117 Å². The van der Waals surface area contributed by atoms with Crippen molar-refractivity contribution in [3.63, 3.8) is 0 Å². The van der Waals surface area contributed by atoms with Gasteiger partial charge in [-0.25, -0.2) is 0 Å². The van der Waals surface area contributed by atoms with E-state index < -0.39 is 0 Å². The van der Waals surface area contributed by atoms with Gasteiger partial charge in [0.05, 0.1) is 0 Å². The lowest BCUT2D eigenvalue weighted by Crippen LogP contribution is -2.08. The molecule has 0 N–H and O–H groups in total. The highest BCUT2D eigenvalue weighted by Gasteiger charge is 2.19. The van der Waals surface area contributed by atoms with E-state index in [1.165, 1.54) is 114 Å². The molecular weight excluding hydrogens is 280 g/mol. The Morgan fingerprint density at radius 2 is 1.04 bits per heavy atom. The molecule has 0 spiro atoms. The molecule has 2 aliphatic carbocycles. The van der Waals surface area contributed by atoms with Crippen LogP contribution in [0.15, 0.2) is 22.7 Å². The molecular formula is C22H38O. The third-order valence-corrected chi connectivity index (χ3v) is 5.46. The van der Waals surface area contributed by atoms with Gasteiger partial charge in [0, 0.05) is 12.8 Å². The molecule has 0 aromatic carbocycles. The average molecular weight is 319 g/mol. The van der Waals surface area contributed by atoms with Gasteiger partial charge in [-0.05, 0) is 75.4 Å². The summed E-state index contributed by atoms with van der Waals surface area (Å²) in [7, 11) is 0. The van der Waals surface area contributed by atoms with Crippen molar-refractivity contribution in [1.82, 2.24) is 0 Å². The molecule has 2 aliphatic rings. The summed E-state index contributed by atoms with van der Waals surface area (Å²) < 4.78 is 6.58. The summed E-state index contributed by atoms with van der Waals surface area (Å²) in [6.45, 7) is 4.59. The Morgan fingerprint density at radius 1 is 0.609 bits per heavy atom. The molecule has 0 aromatic heterocycles. The lowest BCUT2D eigenvalue weighted by atomic mass is 9.92. The quantitative estimate of drug-likeness (QED) is 0.373. The lowest BCUT2D eigenvalue weighted by molar-refractivity contribution is 0.243. The van der Waals surface area contributed by atoms with Crippen molar-refractivity contribution in [2.24, 2.45) is 0 Å². The minimum atomic E-state index is 1.19. The van der Waals surface area contributed by atoms with Gasteiger partial charge in [0.2, 0.25) is 0 Å². The smallest absolute Gasteiger partial charge is 0.103 e. The first-order valence-electron chi connectivity index (χ1n) is 10.4. The van der Waals surface area contributed by atoms with Crippen LogP contribution in [0.4, 0.5) is 0 Å². The summed E-state index contributed by atoms with van der Waals surface area (Å²) >= 11 is 0. The summed E-state index contributed by atoms with van der Waals surface area (Å²) in [5.74, 6) is 2.74. The van der Waals surface area contributed by atoms with Crippen LogP contribution in [0.2, 0.25) is 0 Å². The molecule has 0 saturated heterocycles. The van der Waals surface area contributed by atoms with Gasteiger partial charge >= 0.3 is 0 Å². The van der Waals surface area contributed by atoms with Crippen molar-refractivity contribution in [3.8, 4) is 0 Å². The SMILES string of the molecule is CCCCCC1=C(OC2=C(CCCCC)CCCC2)CCCC1. The normalized spacial score (nSPS) is 19.4. The number of rotatable bonds is 10. The highest BCUT2D eigenvalue weighted by molar-refractivity contribution is 5.18. The topological polar surface area (TPSA) is 9.23 Å². The molecule has 132 valence electrons. The second-order valence-electron chi connectivity index (χ2n) is 7.48. The van der Waals surface area contributed by atoms with Gasteiger partial charge in [-0.3, -0.25) is 0 Å². The Kier molecular flexibility index (Phi) is 8.86. The van der Waals surface area contributed by atoms with Gasteiger partial charge in [0.25, 0.3) is 0 Å². The van der Waals surface area contributed by atoms with Crippen LogP contribution in [0.25, 0.3) is 0 Å². The second kappa shape index (κ2) is 10.9. The minimum Gasteiger partial charge on any atom is -0.466 e. The molecule has 0 fully saturated rings. The van der Waals surface area contributed by atoms with E-state index >= 15 is 0 Å². The van der Waals surface area contributed by atoms with Crippen LogP contribution >= 0.6 is 0 Å². The molecule has 0 saturated carbocycles. The van der Waals surface area contributed by atoms with E-state index in [9.17, 15) is 0 Å². The van der Waals surface area contributed by atoms with Crippen molar-refractivity contribution >= 4 is 0 Å². The van der Waals surface area contributed by atoms with E-state index in [-0.39, 0.29) is 0 Å². The predicted octanol–water partition coefficient (Wildman–Crippen LogP) is 7.82. The number of ether oxygens (including phenoxy) is 1. The fraction of sp³-hybridized carbons (Fsp3) is 0.818. The van der Waals surface area contributed by atoms with Gasteiger partial charge in [-0.2, -0.15) is 0 Å². The molecule has 0 amide bonds. The maximum Gasteiger partial charge on any atom is 0.103 e. The first kappa shape index (κ1) is 18.6. The summed E-state index contributed by atoms with van der Waals surface area (Å²) in [6, 6.07) is 0. The molecule has 23 heavy (non-hydrogen) atoms. The van der Waals surface area contributed by atoms with Crippen LogP contribution < -0.4 is 0 Å². The zero-order valence-electron chi connectivity index (χ0n) is 15.7. The van der Waals surface area contributed by atoms with Gasteiger partial charge < -0.3 is 4.74 Å².